The fourth-order valence-electron chi connectivity index (χ4n) is 5.37. The summed E-state index contributed by atoms with van der Waals surface area (Å²) in [6.07, 6.45) is 5.38. The van der Waals surface area contributed by atoms with E-state index in [-0.39, 0.29) is 30.7 Å². The molecule has 0 bridgehead atoms. The molecule has 1 aliphatic heterocycles. The van der Waals surface area contributed by atoms with Gasteiger partial charge in [-0.15, -0.1) is 5.10 Å². The van der Waals surface area contributed by atoms with Crippen LogP contribution in [0.1, 0.15) is 99.8 Å². The van der Waals surface area contributed by atoms with Crippen LogP contribution >= 0.6 is 0 Å². The third-order valence-electron chi connectivity index (χ3n) is 7.77. The van der Waals surface area contributed by atoms with Gasteiger partial charge in [-0.1, -0.05) is 61.5 Å². The van der Waals surface area contributed by atoms with Crippen molar-refractivity contribution in [1.29, 1.82) is 0 Å². The van der Waals surface area contributed by atoms with Gasteiger partial charge in [0.2, 0.25) is 17.7 Å². The Morgan fingerprint density at radius 1 is 1.10 bits per heavy atom. The molecule has 11 nitrogen and oxygen atoms in total. The third-order valence-corrected chi connectivity index (χ3v) is 7.77. The lowest BCUT2D eigenvalue weighted by Gasteiger charge is -2.34. The van der Waals surface area contributed by atoms with Gasteiger partial charge in [0.05, 0.1) is 11.8 Å². The SMILES string of the molecule is CC(C)(C)[C@@H](C(=O)N1C[C@H](O)C[C@H]1C(=O)NC(c1ccccc1)c1noc(C2CC2)n1)n1cc(C2CC2)nn1. The highest BCUT2D eigenvalue weighted by atomic mass is 16.5. The van der Waals surface area contributed by atoms with E-state index in [4.69, 9.17) is 4.52 Å². The van der Waals surface area contributed by atoms with Crippen molar-refractivity contribution in [2.45, 2.75) is 88.9 Å². The fraction of sp³-hybridized carbons (Fsp3) is 0.571. The van der Waals surface area contributed by atoms with Crippen molar-refractivity contribution in [1.82, 2.24) is 35.4 Å². The first kappa shape index (κ1) is 25.7. The van der Waals surface area contributed by atoms with E-state index in [0.717, 1.165) is 36.9 Å². The Morgan fingerprint density at radius 2 is 1.82 bits per heavy atom. The molecule has 0 spiro atoms. The van der Waals surface area contributed by atoms with Crippen LogP contribution in [-0.2, 0) is 9.59 Å². The number of nitrogens with zero attached hydrogens (tertiary/aromatic N) is 6. The van der Waals surface area contributed by atoms with Crippen molar-refractivity contribution in [2.24, 2.45) is 5.41 Å². The average molecular weight is 534 g/mol. The van der Waals surface area contributed by atoms with Crippen molar-refractivity contribution < 1.29 is 19.2 Å². The molecule has 2 aliphatic carbocycles. The van der Waals surface area contributed by atoms with Gasteiger partial charge in [0.15, 0.2) is 5.82 Å². The molecule has 1 saturated heterocycles. The highest BCUT2D eigenvalue weighted by Crippen LogP contribution is 2.41. The van der Waals surface area contributed by atoms with Crippen molar-refractivity contribution in [2.75, 3.05) is 6.54 Å². The van der Waals surface area contributed by atoms with Gasteiger partial charge < -0.3 is 19.8 Å². The van der Waals surface area contributed by atoms with Gasteiger partial charge in [0, 0.05) is 31.0 Å². The summed E-state index contributed by atoms with van der Waals surface area (Å²) in [5, 5.41) is 26.4. The molecule has 2 saturated carbocycles. The number of aromatic nitrogens is 5. The summed E-state index contributed by atoms with van der Waals surface area (Å²) in [6, 6.07) is 7.25. The molecule has 11 heteroatoms. The van der Waals surface area contributed by atoms with Gasteiger partial charge in [-0.3, -0.25) is 9.59 Å². The van der Waals surface area contributed by atoms with E-state index in [1.165, 1.54) is 4.90 Å². The van der Waals surface area contributed by atoms with Crippen LogP contribution in [0.2, 0.25) is 0 Å². The minimum Gasteiger partial charge on any atom is -0.391 e. The number of carbonyl (C=O) groups is 2. The zero-order chi connectivity index (χ0) is 27.3. The van der Waals surface area contributed by atoms with Gasteiger partial charge in [-0.25, -0.2) is 4.68 Å². The number of likely N-dealkylation sites (tertiary alicyclic amines) is 1. The maximum absolute atomic E-state index is 14.1. The molecule has 1 unspecified atom stereocenters. The number of nitrogens with one attached hydrogen (secondary N) is 1. The van der Waals surface area contributed by atoms with Gasteiger partial charge >= 0.3 is 0 Å². The number of hydrogen-bond donors (Lipinski definition) is 2. The second-order valence-electron chi connectivity index (χ2n) is 12.2. The zero-order valence-electron chi connectivity index (χ0n) is 22.5. The molecule has 3 aliphatic rings. The van der Waals surface area contributed by atoms with Crippen LogP contribution in [-0.4, -0.2) is 65.6 Å². The first-order valence-electron chi connectivity index (χ1n) is 13.8. The number of rotatable bonds is 8. The summed E-state index contributed by atoms with van der Waals surface area (Å²) < 4.78 is 7.11. The van der Waals surface area contributed by atoms with Crippen LogP contribution in [0.25, 0.3) is 0 Å². The van der Waals surface area contributed by atoms with Crippen molar-refractivity contribution in [3.63, 3.8) is 0 Å². The predicted molar refractivity (Wildman–Crippen MR) is 139 cm³/mol. The number of aliphatic hydroxyl groups excluding tert-OH is 1. The number of β-amino-alcohol motifs (C(OH)–C–C–N with tert-alkyl or cyclic N) is 1. The summed E-state index contributed by atoms with van der Waals surface area (Å²) >= 11 is 0. The Balaban J connectivity index is 1.26. The van der Waals surface area contributed by atoms with E-state index in [1.54, 1.807) is 4.68 Å². The van der Waals surface area contributed by atoms with Gasteiger partial charge in [0.1, 0.15) is 18.1 Å². The topological polar surface area (TPSA) is 139 Å². The minimum absolute atomic E-state index is 0.0672. The van der Waals surface area contributed by atoms with Crippen LogP contribution in [0, 0.1) is 5.41 Å². The van der Waals surface area contributed by atoms with Gasteiger partial charge in [-0.2, -0.15) is 4.98 Å². The molecule has 39 heavy (non-hydrogen) atoms. The first-order valence-corrected chi connectivity index (χ1v) is 13.8. The zero-order valence-corrected chi connectivity index (χ0v) is 22.5. The number of carbonyl (C=O) groups excluding carboxylic acids is 2. The molecule has 2 aromatic heterocycles. The standard InChI is InChI=1S/C28H35N7O4/c1-28(2,3)23(35-15-20(31-33-35)16-9-10-16)27(38)34-14-19(36)13-21(34)25(37)29-22(17-7-5-4-6-8-17)24-30-26(39-32-24)18-11-12-18/h4-8,15-16,18-19,21-23,36H,9-14H2,1-3H3,(H,29,37)/t19-,21+,22?,23-/m1/s1. The Hall–Kier alpha value is -3.60. The molecule has 3 aromatic rings. The van der Waals surface area contributed by atoms with E-state index in [1.807, 2.05) is 57.3 Å². The number of benzene rings is 1. The first-order chi connectivity index (χ1) is 18.7. The normalized spacial score (nSPS) is 23.0. The maximum Gasteiger partial charge on any atom is 0.248 e. The van der Waals surface area contributed by atoms with Crippen molar-refractivity contribution in [3.8, 4) is 0 Å². The molecule has 0 radical (unpaired) electrons. The molecular weight excluding hydrogens is 498 g/mol. The van der Waals surface area contributed by atoms with Crippen LogP contribution in [0.15, 0.2) is 41.1 Å². The molecule has 1 aromatic carbocycles. The highest BCUT2D eigenvalue weighted by Gasteiger charge is 2.46. The monoisotopic (exact) mass is 533 g/mol. The molecule has 3 heterocycles. The fourth-order valence-corrected chi connectivity index (χ4v) is 5.37. The van der Waals surface area contributed by atoms with Crippen LogP contribution < -0.4 is 5.32 Å². The second kappa shape index (κ2) is 9.86. The lowest BCUT2D eigenvalue weighted by Crippen LogP contribution is -2.51. The van der Waals surface area contributed by atoms with Gasteiger partial charge in [0.25, 0.3) is 0 Å². The van der Waals surface area contributed by atoms with E-state index < -0.39 is 29.6 Å². The van der Waals surface area contributed by atoms with E-state index in [2.05, 4.69) is 25.8 Å². The molecular formula is C28H35N7O4. The summed E-state index contributed by atoms with van der Waals surface area (Å²) in [5.74, 6) is 0.996. The number of hydrogen-bond acceptors (Lipinski definition) is 8. The summed E-state index contributed by atoms with van der Waals surface area (Å²) in [6.45, 7) is 5.97. The summed E-state index contributed by atoms with van der Waals surface area (Å²) in [7, 11) is 0. The Bertz CT molecular complexity index is 1340. The van der Waals surface area contributed by atoms with E-state index in [0.29, 0.717) is 17.6 Å². The average Bonchev–Trinajstić information content (AvgIpc) is 3.80. The quantitative estimate of drug-likeness (QED) is 0.451. The van der Waals surface area contributed by atoms with Crippen LogP contribution in [0.3, 0.4) is 0 Å². The van der Waals surface area contributed by atoms with Crippen molar-refractivity contribution in [3.05, 3.63) is 59.5 Å². The van der Waals surface area contributed by atoms with Crippen LogP contribution in [0.4, 0.5) is 0 Å². The van der Waals surface area contributed by atoms with Crippen LogP contribution in [0.5, 0.6) is 0 Å². The predicted octanol–water partition coefficient (Wildman–Crippen LogP) is 2.87. The molecule has 206 valence electrons. The van der Waals surface area contributed by atoms with Crippen molar-refractivity contribution >= 4 is 11.8 Å². The molecule has 6 rings (SSSR count). The number of aliphatic hydroxyl groups is 1. The molecule has 2 amide bonds. The minimum atomic E-state index is -0.857. The van der Waals surface area contributed by atoms with Gasteiger partial charge in [-0.05, 0) is 36.7 Å². The third kappa shape index (κ3) is 5.32. The molecule has 4 atom stereocenters. The smallest absolute Gasteiger partial charge is 0.248 e. The lowest BCUT2D eigenvalue weighted by atomic mass is 9.85. The lowest BCUT2D eigenvalue weighted by molar-refractivity contribution is -0.144. The van der Waals surface area contributed by atoms with E-state index >= 15 is 0 Å². The Kier molecular flexibility index (Phi) is 6.49. The Morgan fingerprint density at radius 3 is 2.49 bits per heavy atom. The molecule has 2 N–H and O–H groups in total. The van der Waals surface area contributed by atoms with E-state index in [9.17, 15) is 14.7 Å². The number of amides is 2. The summed E-state index contributed by atoms with van der Waals surface area (Å²) in [4.78, 5) is 33.9. The largest absolute Gasteiger partial charge is 0.391 e. The second-order valence-corrected chi connectivity index (χ2v) is 12.2. The molecule has 3 fully saturated rings. The highest BCUT2D eigenvalue weighted by molar-refractivity contribution is 5.90. The maximum atomic E-state index is 14.1. The summed E-state index contributed by atoms with van der Waals surface area (Å²) in [5.41, 5.74) is 1.19. The Labute approximate surface area is 227 Å².